The van der Waals surface area contributed by atoms with Crippen LogP contribution in [0.4, 0.5) is 0 Å². The molecule has 0 aliphatic rings. The molecule has 0 aliphatic heterocycles. The van der Waals surface area contributed by atoms with E-state index in [9.17, 15) is 4.79 Å². The van der Waals surface area contributed by atoms with Crippen LogP contribution in [0.3, 0.4) is 0 Å². The zero-order chi connectivity index (χ0) is 12.8. The highest BCUT2D eigenvalue weighted by Gasteiger charge is 2.06. The number of aromatic amines is 1. The number of hydrogen-bond donors (Lipinski definition) is 2. The van der Waals surface area contributed by atoms with Gasteiger partial charge in [0, 0.05) is 0 Å². The molecule has 2 N–H and O–H groups in total. The Morgan fingerprint density at radius 2 is 2.28 bits per heavy atom. The van der Waals surface area contributed by atoms with Crippen molar-refractivity contribution in [1.82, 2.24) is 25.9 Å². The molecule has 1 aromatic heterocycles. The van der Waals surface area contributed by atoms with Crippen molar-refractivity contribution in [3.8, 4) is 5.75 Å². The van der Waals surface area contributed by atoms with E-state index in [0.717, 1.165) is 0 Å². The van der Waals surface area contributed by atoms with Crippen LogP contribution in [0.1, 0.15) is 5.82 Å². The first kappa shape index (κ1) is 12.3. The summed E-state index contributed by atoms with van der Waals surface area (Å²) in [7, 11) is 0. The van der Waals surface area contributed by atoms with E-state index in [4.69, 9.17) is 16.3 Å². The SMILES string of the molecule is O=C(COc1ccccc1Cl)NCc1nn[nH]n1. The van der Waals surface area contributed by atoms with Crippen molar-refractivity contribution >= 4 is 17.5 Å². The standard InChI is InChI=1S/C10H10ClN5O2/c11-7-3-1-2-4-8(7)18-6-10(17)12-5-9-13-15-16-14-9/h1-4H,5-6H2,(H,12,17)(H,13,14,15,16). The Labute approximate surface area is 107 Å². The number of nitrogens with one attached hydrogen (secondary N) is 2. The minimum Gasteiger partial charge on any atom is -0.482 e. The lowest BCUT2D eigenvalue weighted by Gasteiger charge is -2.07. The lowest BCUT2D eigenvalue weighted by Crippen LogP contribution is -2.28. The summed E-state index contributed by atoms with van der Waals surface area (Å²) < 4.78 is 5.26. The quantitative estimate of drug-likeness (QED) is 0.825. The lowest BCUT2D eigenvalue weighted by atomic mass is 10.3. The number of amides is 1. The summed E-state index contributed by atoms with van der Waals surface area (Å²) in [6.07, 6.45) is 0. The Hall–Kier alpha value is -2.15. The predicted molar refractivity (Wildman–Crippen MR) is 63.0 cm³/mol. The molecule has 0 aliphatic carbocycles. The molecule has 0 radical (unpaired) electrons. The third-order valence-electron chi connectivity index (χ3n) is 2.03. The van der Waals surface area contributed by atoms with Gasteiger partial charge in [-0.1, -0.05) is 28.9 Å². The minimum absolute atomic E-state index is 0.123. The molecule has 0 atom stereocenters. The fraction of sp³-hybridized carbons (Fsp3) is 0.200. The maximum Gasteiger partial charge on any atom is 0.258 e. The average molecular weight is 268 g/mol. The number of nitrogens with zero attached hydrogens (tertiary/aromatic N) is 3. The highest BCUT2D eigenvalue weighted by Crippen LogP contribution is 2.22. The molecule has 0 fully saturated rings. The second-order valence-electron chi connectivity index (χ2n) is 3.32. The van der Waals surface area contributed by atoms with Gasteiger partial charge in [0.05, 0.1) is 11.6 Å². The number of halogens is 1. The Morgan fingerprint density at radius 1 is 1.44 bits per heavy atom. The molecule has 1 aromatic carbocycles. The topological polar surface area (TPSA) is 92.8 Å². The normalized spacial score (nSPS) is 10.1. The van der Waals surface area contributed by atoms with Gasteiger partial charge in [0.2, 0.25) is 0 Å². The number of aromatic nitrogens is 4. The van der Waals surface area contributed by atoms with E-state index in [1.54, 1.807) is 24.3 Å². The number of tetrazole rings is 1. The van der Waals surface area contributed by atoms with Crippen molar-refractivity contribution in [2.45, 2.75) is 6.54 Å². The maximum absolute atomic E-state index is 11.5. The Kier molecular flexibility index (Phi) is 4.08. The number of H-pyrrole nitrogens is 1. The number of benzene rings is 1. The second kappa shape index (κ2) is 5.97. The number of carbonyl (C=O) groups excluding carboxylic acids is 1. The molecule has 8 heteroatoms. The maximum atomic E-state index is 11.5. The van der Waals surface area contributed by atoms with E-state index in [2.05, 4.69) is 25.9 Å². The molecule has 2 aromatic rings. The molecular weight excluding hydrogens is 258 g/mol. The lowest BCUT2D eigenvalue weighted by molar-refractivity contribution is -0.123. The molecule has 94 valence electrons. The van der Waals surface area contributed by atoms with Crippen LogP contribution in [0.25, 0.3) is 0 Å². The molecule has 1 heterocycles. The zero-order valence-electron chi connectivity index (χ0n) is 9.26. The summed E-state index contributed by atoms with van der Waals surface area (Å²) in [6, 6.07) is 6.94. The zero-order valence-corrected chi connectivity index (χ0v) is 10.0. The molecule has 1 amide bonds. The van der Waals surface area contributed by atoms with Crippen LogP contribution < -0.4 is 10.1 Å². The Bertz CT molecular complexity index is 517. The molecule has 18 heavy (non-hydrogen) atoms. The van der Waals surface area contributed by atoms with Crippen molar-refractivity contribution in [2.24, 2.45) is 0 Å². The fourth-order valence-corrected chi connectivity index (χ4v) is 1.38. The van der Waals surface area contributed by atoms with Crippen LogP contribution in [0.5, 0.6) is 5.75 Å². The van der Waals surface area contributed by atoms with Gasteiger partial charge in [0.15, 0.2) is 12.4 Å². The van der Waals surface area contributed by atoms with Crippen molar-refractivity contribution in [3.63, 3.8) is 0 Å². The number of carbonyl (C=O) groups is 1. The van der Waals surface area contributed by atoms with Gasteiger partial charge in [-0.2, -0.15) is 5.21 Å². The Morgan fingerprint density at radius 3 is 3.00 bits per heavy atom. The number of ether oxygens (including phenoxy) is 1. The van der Waals surface area contributed by atoms with Crippen molar-refractivity contribution < 1.29 is 9.53 Å². The van der Waals surface area contributed by atoms with Crippen molar-refractivity contribution in [3.05, 3.63) is 35.1 Å². The number of para-hydroxylation sites is 1. The second-order valence-corrected chi connectivity index (χ2v) is 3.73. The van der Waals surface area contributed by atoms with Crippen molar-refractivity contribution in [1.29, 1.82) is 0 Å². The summed E-state index contributed by atoms with van der Waals surface area (Å²) in [5.74, 6) is 0.578. The minimum atomic E-state index is -0.292. The molecular formula is C10H10ClN5O2. The van der Waals surface area contributed by atoms with Gasteiger partial charge in [0.25, 0.3) is 5.91 Å². The van der Waals surface area contributed by atoms with E-state index in [-0.39, 0.29) is 19.1 Å². The Balaban J connectivity index is 1.77. The van der Waals surface area contributed by atoms with E-state index >= 15 is 0 Å². The highest BCUT2D eigenvalue weighted by atomic mass is 35.5. The van der Waals surface area contributed by atoms with E-state index in [0.29, 0.717) is 16.6 Å². The summed E-state index contributed by atoms with van der Waals surface area (Å²) in [6.45, 7) is 0.0722. The van der Waals surface area contributed by atoms with Crippen LogP contribution >= 0.6 is 11.6 Å². The molecule has 0 saturated carbocycles. The number of rotatable bonds is 5. The third kappa shape index (κ3) is 3.42. The first-order valence-corrected chi connectivity index (χ1v) is 5.50. The summed E-state index contributed by atoms with van der Waals surface area (Å²) >= 11 is 5.88. The van der Waals surface area contributed by atoms with Crippen LogP contribution in [-0.2, 0) is 11.3 Å². The molecule has 0 bridgehead atoms. The number of hydrogen-bond acceptors (Lipinski definition) is 5. The molecule has 2 rings (SSSR count). The summed E-state index contributed by atoms with van der Waals surface area (Å²) in [4.78, 5) is 11.5. The predicted octanol–water partition coefficient (Wildman–Crippen LogP) is 0.548. The smallest absolute Gasteiger partial charge is 0.258 e. The average Bonchev–Trinajstić information content (AvgIpc) is 2.88. The highest BCUT2D eigenvalue weighted by molar-refractivity contribution is 6.32. The van der Waals surface area contributed by atoms with Crippen LogP contribution in [-0.4, -0.2) is 33.1 Å². The van der Waals surface area contributed by atoms with Crippen LogP contribution in [0, 0.1) is 0 Å². The molecule has 0 saturated heterocycles. The monoisotopic (exact) mass is 267 g/mol. The molecule has 7 nitrogen and oxygen atoms in total. The van der Waals surface area contributed by atoms with Gasteiger partial charge in [-0.3, -0.25) is 4.79 Å². The summed E-state index contributed by atoms with van der Waals surface area (Å²) in [5, 5.41) is 16.1. The van der Waals surface area contributed by atoms with Gasteiger partial charge in [-0.05, 0) is 12.1 Å². The van der Waals surface area contributed by atoms with Crippen molar-refractivity contribution in [2.75, 3.05) is 6.61 Å². The molecule has 0 spiro atoms. The summed E-state index contributed by atoms with van der Waals surface area (Å²) in [5.41, 5.74) is 0. The van der Waals surface area contributed by atoms with Gasteiger partial charge in [0.1, 0.15) is 5.75 Å². The first-order valence-electron chi connectivity index (χ1n) is 5.12. The van der Waals surface area contributed by atoms with Gasteiger partial charge >= 0.3 is 0 Å². The third-order valence-corrected chi connectivity index (χ3v) is 2.34. The van der Waals surface area contributed by atoms with Gasteiger partial charge in [-0.15, -0.1) is 10.2 Å². The van der Waals surface area contributed by atoms with Gasteiger partial charge in [-0.25, -0.2) is 0 Å². The van der Waals surface area contributed by atoms with Crippen LogP contribution in [0.15, 0.2) is 24.3 Å². The van der Waals surface area contributed by atoms with E-state index in [1.165, 1.54) is 0 Å². The van der Waals surface area contributed by atoms with Gasteiger partial charge < -0.3 is 10.1 Å². The van der Waals surface area contributed by atoms with E-state index in [1.807, 2.05) is 0 Å². The molecule has 0 unspecified atom stereocenters. The first-order chi connectivity index (χ1) is 8.75. The van der Waals surface area contributed by atoms with E-state index < -0.39 is 0 Å². The van der Waals surface area contributed by atoms with Crippen LogP contribution in [0.2, 0.25) is 5.02 Å². The largest absolute Gasteiger partial charge is 0.482 e. The fourth-order valence-electron chi connectivity index (χ4n) is 1.19.